The largest absolute Gasteiger partial charge is 0.493 e. The van der Waals surface area contributed by atoms with Crippen LogP contribution in [-0.4, -0.2) is 13.9 Å². The van der Waals surface area contributed by atoms with Crippen LogP contribution in [0, 0.1) is 0 Å². The van der Waals surface area contributed by atoms with Gasteiger partial charge in [0.1, 0.15) is 6.61 Å². The zero-order chi connectivity index (χ0) is 20.9. The van der Waals surface area contributed by atoms with Gasteiger partial charge in [-0.25, -0.2) is 0 Å². The van der Waals surface area contributed by atoms with Gasteiger partial charge in [0.25, 0.3) is 0 Å². The molecule has 0 aliphatic carbocycles. The minimum atomic E-state index is 0.244. The monoisotopic (exact) mass is 445 g/mol. The average Bonchev–Trinajstić information content (AvgIpc) is 3.22. The molecule has 0 unspecified atom stereocenters. The first-order valence-electron chi connectivity index (χ1n) is 9.46. The Balaban J connectivity index is 1.45. The molecule has 0 fully saturated rings. The minimum Gasteiger partial charge on any atom is -0.493 e. The average molecular weight is 446 g/mol. The van der Waals surface area contributed by atoms with Crippen molar-refractivity contribution >= 4 is 23.2 Å². The number of para-hydroxylation sites is 1. The summed E-state index contributed by atoms with van der Waals surface area (Å²) >= 11 is 12.5. The third kappa shape index (κ3) is 4.59. The SMILES string of the molecule is COc1cccc(CNCc2ccc3c(c2)OCO3)c1OCc1c(Cl)cccc1Cl. The van der Waals surface area contributed by atoms with Crippen molar-refractivity contribution in [1.29, 1.82) is 0 Å². The third-order valence-electron chi connectivity index (χ3n) is 4.78. The molecule has 1 aliphatic heterocycles. The van der Waals surface area contributed by atoms with Gasteiger partial charge >= 0.3 is 0 Å². The van der Waals surface area contributed by atoms with Crippen LogP contribution in [0.5, 0.6) is 23.0 Å². The van der Waals surface area contributed by atoms with Crippen molar-refractivity contribution in [2.75, 3.05) is 13.9 Å². The first-order chi connectivity index (χ1) is 14.7. The summed E-state index contributed by atoms with van der Waals surface area (Å²) in [4.78, 5) is 0. The maximum atomic E-state index is 6.27. The molecule has 1 N–H and O–H groups in total. The second-order valence-electron chi connectivity index (χ2n) is 6.73. The molecule has 4 rings (SSSR count). The van der Waals surface area contributed by atoms with E-state index in [1.165, 1.54) is 0 Å². The summed E-state index contributed by atoms with van der Waals surface area (Å²) in [5, 5.41) is 4.58. The van der Waals surface area contributed by atoms with E-state index in [1.807, 2.05) is 42.5 Å². The van der Waals surface area contributed by atoms with E-state index in [9.17, 15) is 0 Å². The van der Waals surface area contributed by atoms with E-state index in [-0.39, 0.29) is 13.4 Å². The van der Waals surface area contributed by atoms with Crippen molar-refractivity contribution in [3.8, 4) is 23.0 Å². The lowest BCUT2D eigenvalue weighted by Crippen LogP contribution is -2.14. The smallest absolute Gasteiger partial charge is 0.231 e. The molecule has 0 saturated carbocycles. The Morgan fingerprint density at radius 1 is 0.933 bits per heavy atom. The van der Waals surface area contributed by atoms with Gasteiger partial charge in [-0.3, -0.25) is 0 Å². The molecule has 0 spiro atoms. The minimum absolute atomic E-state index is 0.244. The fourth-order valence-electron chi connectivity index (χ4n) is 3.23. The Morgan fingerprint density at radius 3 is 2.50 bits per heavy atom. The number of ether oxygens (including phenoxy) is 4. The molecule has 0 amide bonds. The van der Waals surface area contributed by atoms with Gasteiger partial charge in [0.05, 0.1) is 7.11 Å². The zero-order valence-electron chi connectivity index (χ0n) is 16.4. The molecule has 1 aliphatic rings. The predicted octanol–water partition coefficient (Wildman–Crippen LogP) is 5.60. The Labute approximate surface area is 185 Å². The van der Waals surface area contributed by atoms with Crippen LogP contribution in [-0.2, 0) is 19.7 Å². The van der Waals surface area contributed by atoms with Gasteiger partial charge in [-0.15, -0.1) is 0 Å². The summed E-state index contributed by atoms with van der Waals surface area (Å²) < 4.78 is 22.4. The van der Waals surface area contributed by atoms with E-state index in [2.05, 4.69) is 5.32 Å². The predicted molar refractivity (Wildman–Crippen MR) is 117 cm³/mol. The lowest BCUT2D eigenvalue weighted by atomic mass is 10.1. The molecular formula is C23H21Cl2NO4. The molecule has 5 nitrogen and oxygen atoms in total. The first-order valence-corrected chi connectivity index (χ1v) is 10.2. The van der Waals surface area contributed by atoms with Crippen LogP contribution in [0.25, 0.3) is 0 Å². The van der Waals surface area contributed by atoms with Crippen LogP contribution in [0.4, 0.5) is 0 Å². The fraction of sp³-hybridized carbons (Fsp3) is 0.217. The zero-order valence-corrected chi connectivity index (χ0v) is 17.9. The van der Waals surface area contributed by atoms with E-state index in [1.54, 1.807) is 19.2 Å². The highest BCUT2D eigenvalue weighted by Gasteiger charge is 2.15. The second kappa shape index (κ2) is 9.47. The molecule has 3 aromatic carbocycles. The van der Waals surface area contributed by atoms with Crippen LogP contribution in [0.1, 0.15) is 16.7 Å². The van der Waals surface area contributed by atoms with Crippen LogP contribution in [0.2, 0.25) is 10.0 Å². The molecule has 0 bridgehead atoms. The van der Waals surface area contributed by atoms with Crippen molar-refractivity contribution in [2.24, 2.45) is 0 Å². The maximum absolute atomic E-state index is 6.27. The van der Waals surface area contributed by atoms with Gasteiger partial charge in [0, 0.05) is 34.3 Å². The van der Waals surface area contributed by atoms with Gasteiger partial charge in [0.15, 0.2) is 23.0 Å². The van der Waals surface area contributed by atoms with E-state index >= 15 is 0 Å². The fourth-order valence-corrected chi connectivity index (χ4v) is 3.74. The van der Waals surface area contributed by atoms with E-state index in [4.69, 9.17) is 42.1 Å². The van der Waals surface area contributed by atoms with Crippen LogP contribution >= 0.6 is 23.2 Å². The van der Waals surface area contributed by atoms with E-state index in [0.717, 1.165) is 28.2 Å². The number of hydrogen-bond acceptors (Lipinski definition) is 5. The Morgan fingerprint density at radius 2 is 1.70 bits per heavy atom. The molecule has 0 atom stereocenters. The Kier molecular flexibility index (Phi) is 6.53. The van der Waals surface area contributed by atoms with Crippen molar-refractivity contribution in [3.63, 3.8) is 0 Å². The number of halogens is 2. The normalized spacial score (nSPS) is 12.1. The van der Waals surface area contributed by atoms with Gasteiger partial charge in [-0.2, -0.15) is 0 Å². The highest BCUT2D eigenvalue weighted by atomic mass is 35.5. The molecule has 0 aromatic heterocycles. The third-order valence-corrected chi connectivity index (χ3v) is 5.49. The molecule has 0 saturated heterocycles. The highest BCUT2D eigenvalue weighted by Crippen LogP contribution is 2.34. The summed E-state index contributed by atoms with van der Waals surface area (Å²) in [6.07, 6.45) is 0. The Bertz CT molecular complexity index is 1020. The van der Waals surface area contributed by atoms with Crippen LogP contribution < -0.4 is 24.3 Å². The van der Waals surface area contributed by atoms with Crippen molar-refractivity contribution < 1.29 is 18.9 Å². The van der Waals surface area contributed by atoms with E-state index < -0.39 is 0 Å². The molecule has 156 valence electrons. The summed E-state index contributed by atoms with van der Waals surface area (Å²) in [5.74, 6) is 2.87. The lowest BCUT2D eigenvalue weighted by molar-refractivity contribution is 0.174. The molecule has 7 heteroatoms. The maximum Gasteiger partial charge on any atom is 0.231 e. The quantitative estimate of drug-likeness (QED) is 0.488. The Hall–Kier alpha value is -2.60. The number of hydrogen-bond donors (Lipinski definition) is 1. The molecule has 3 aromatic rings. The highest BCUT2D eigenvalue weighted by molar-refractivity contribution is 6.35. The molecule has 0 radical (unpaired) electrons. The van der Waals surface area contributed by atoms with Crippen molar-refractivity contribution in [2.45, 2.75) is 19.7 Å². The van der Waals surface area contributed by atoms with Crippen molar-refractivity contribution in [3.05, 3.63) is 81.3 Å². The van der Waals surface area contributed by atoms with Gasteiger partial charge in [-0.1, -0.05) is 47.5 Å². The second-order valence-corrected chi connectivity index (χ2v) is 7.54. The van der Waals surface area contributed by atoms with Crippen molar-refractivity contribution in [1.82, 2.24) is 5.32 Å². The van der Waals surface area contributed by atoms with Gasteiger partial charge < -0.3 is 24.3 Å². The number of methoxy groups -OCH3 is 1. The molecule has 1 heterocycles. The molecular weight excluding hydrogens is 425 g/mol. The number of nitrogens with one attached hydrogen (secondary N) is 1. The van der Waals surface area contributed by atoms with Gasteiger partial charge in [0.2, 0.25) is 6.79 Å². The lowest BCUT2D eigenvalue weighted by Gasteiger charge is -2.17. The summed E-state index contributed by atoms with van der Waals surface area (Å²) in [6, 6.07) is 17.1. The topological polar surface area (TPSA) is 49.0 Å². The van der Waals surface area contributed by atoms with Crippen LogP contribution in [0.3, 0.4) is 0 Å². The summed E-state index contributed by atoms with van der Waals surface area (Å²) in [5.41, 5.74) is 2.82. The van der Waals surface area contributed by atoms with Crippen LogP contribution in [0.15, 0.2) is 54.6 Å². The molecule has 30 heavy (non-hydrogen) atoms. The first kappa shape index (κ1) is 20.7. The number of fused-ring (bicyclic) bond motifs is 1. The van der Waals surface area contributed by atoms with Gasteiger partial charge in [-0.05, 0) is 35.9 Å². The number of rotatable bonds is 8. The number of benzene rings is 3. The summed E-state index contributed by atoms with van der Waals surface area (Å²) in [7, 11) is 1.62. The summed E-state index contributed by atoms with van der Waals surface area (Å²) in [6.45, 7) is 1.78. The van der Waals surface area contributed by atoms with E-state index in [0.29, 0.717) is 34.6 Å². The standard InChI is InChI=1S/C23H21Cl2NO4/c1-27-21-7-2-4-16(23(21)28-13-17-18(24)5-3-6-19(17)25)12-26-11-15-8-9-20-22(10-15)30-14-29-20/h2-10,26H,11-14H2,1H3.